The topological polar surface area (TPSA) is 153 Å². The van der Waals surface area contributed by atoms with Gasteiger partial charge < -0.3 is 10.2 Å². The molecule has 9 nitrogen and oxygen atoms in total. The number of primary sulfonamides is 1. The third kappa shape index (κ3) is 4.38. The molecule has 0 aliphatic heterocycles. The molecule has 1 aromatic heterocycles. The number of sulfonamides is 1. The zero-order chi connectivity index (χ0) is 22.9. The lowest BCUT2D eigenvalue weighted by molar-refractivity contribution is -0.0865. The highest BCUT2D eigenvalue weighted by Crippen LogP contribution is 2.41. The van der Waals surface area contributed by atoms with Crippen LogP contribution in [0.3, 0.4) is 0 Å². The van der Waals surface area contributed by atoms with Crippen LogP contribution in [0.2, 0.25) is 0 Å². The summed E-state index contributed by atoms with van der Waals surface area (Å²) in [6, 6.07) is 14.3. The second-order valence-corrected chi connectivity index (χ2v) is 9.37. The minimum atomic E-state index is -4.00. The number of aromatic nitrogens is 1. The fraction of sp³-hybridized carbons (Fsp3) is 0.273. The maximum absolute atomic E-state index is 12.2. The van der Waals surface area contributed by atoms with E-state index in [1.54, 1.807) is 18.2 Å². The predicted molar refractivity (Wildman–Crippen MR) is 117 cm³/mol. The Balaban J connectivity index is 1.81. The first-order valence-electron chi connectivity index (χ1n) is 10.2. The van der Waals surface area contributed by atoms with E-state index in [0.29, 0.717) is 40.8 Å². The van der Waals surface area contributed by atoms with Crippen LogP contribution in [-0.2, 0) is 10.0 Å². The Hall–Kier alpha value is -3.21. The summed E-state index contributed by atoms with van der Waals surface area (Å²) in [4.78, 5) is 16.1. The van der Waals surface area contributed by atoms with Crippen molar-refractivity contribution >= 4 is 16.1 Å². The molecule has 10 heteroatoms. The van der Waals surface area contributed by atoms with Gasteiger partial charge in [0.15, 0.2) is 11.7 Å². The predicted octanol–water partition coefficient (Wildman–Crippen LogP) is 3.45. The van der Waals surface area contributed by atoms with E-state index in [1.807, 2.05) is 30.3 Å². The Labute approximate surface area is 185 Å². The van der Waals surface area contributed by atoms with Crippen molar-refractivity contribution in [3.63, 3.8) is 0 Å². The zero-order valence-electron chi connectivity index (χ0n) is 17.2. The molecule has 3 aromatic rings. The van der Waals surface area contributed by atoms with Crippen LogP contribution in [0.5, 0.6) is 0 Å². The molecule has 1 saturated carbocycles. The summed E-state index contributed by atoms with van der Waals surface area (Å²) in [5, 5.41) is 16.0. The summed E-state index contributed by atoms with van der Waals surface area (Å²) in [6.45, 7) is 0. The van der Waals surface area contributed by atoms with Crippen LogP contribution >= 0.6 is 0 Å². The number of oxazole rings is 1. The van der Waals surface area contributed by atoms with E-state index >= 15 is 0 Å². The van der Waals surface area contributed by atoms with Crippen molar-refractivity contribution < 1.29 is 22.8 Å². The van der Waals surface area contributed by atoms with E-state index in [-0.39, 0.29) is 10.8 Å². The first-order valence-corrected chi connectivity index (χ1v) is 11.8. The number of hydroxylamine groups is 2. The van der Waals surface area contributed by atoms with Crippen molar-refractivity contribution in [3.05, 3.63) is 60.5 Å². The lowest BCUT2D eigenvalue weighted by Crippen LogP contribution is -2.43. The summed E-state index contributed by atoms with van der Waals surface area (Å²) in [6.07, 6.45) is 2.52. The van der Waals surface area contributed by atoms with Gasteiger partial charge in [0.2, 0.25) is 10.0 Å². The van der Waals surface area contributed by atoms with Gasteiger partial charge in [-0.05, 0) is 31.4 Å². The lowest BCUT2D eigenvalue weighted by Gasteiger charge is -2.31. The Bertz CT molecular complexity index is 1230. The first-order chi connectivity index (χ1) is 15.3. The van der Waals surface area contributed by atoms with Gasteiger partial charge in [-0.2, -0.15) is 0 Å². The zero-order valence-corrected chi connectivity index (χ0v) is 18.0. The van der Waals surface area contributed by atoms with Gasteiger partial charge in [-0.3, -0.25) is 5.21 Å². The molecular formula is C22H24N4O5S. The van der Waals surface area contributed by atoms with Gasteiger partial charge in [0.1, 0.15) is 5.69 Å². The molecule has 4 rings (SSSR count). The summed E-state index contributed by atoms with van der Waals surface area (Å²) in [7, 11) is -4.00. The Morgan fingerprint density at radius 1 is 1.09 bits per heavy atom. The highest BCUT2D eigenvalue weighted by molar-refractivity contribution is 7.89. The van der Waals surface area contributed by atoms with Crippen LogP contribution in [-0.4, -0.2) is 35.7 Å². The van der Waals surface area contributed by atoms with Gasteiger partial charge in [-0.15, -0.1) is 0 Å². The molecule has 32 heavy (non-hydrogen) atoms. The van der Waals surface area contributed by atoms with Crippen molar-refractivity contribution in [2.24, 2.45) is 10.9 Å². The molecule has 2 aromatic carbocycles. The number of amides is 2. The largest absolute Gasteiger partial charge is 0.440 e. The number of nitrogens with two attached hydrogens (primary N) is 2. The fourth-order valence-corrected chi connectivity index (χ4v) is 4.91. The van der Waals surface area contributed by atoms with Gasteiger partial charge in [-0.25, -0.2) is 28.4 Å². The smallest absolute Gasteiger partial charge is 0.338 e. The van der Waals surface area contributed by atoms with E-state index in [9.17, 15) is 18.4 Å². The minimum Gasteiger partial charge on any atom is -0.440 e. The van der Waals surface area contributed by atoms with Crippen LogP contribution in [0.15, 0.2) is 63.9 Å². The van der Waals surface area contributed by atoms with Crippen LogP contribution in [0.4, 0.5) is 4.79 Å². The standard InChI is InChI=1S/C22H24N4O5S/c23-22(27)26(28)16-10-6-9-15(13-16)21-25-19(14-7-2-1-3-8-14)20(31-21)17-11-4-5-12-18(17)32(24,29)30/h1-5,7-8,11-12,15-16,28H,6,9-10,13H2,(H2,23,27)(H2,24,29,30). The summed E-state index contributed by atoms with van der Waals surface area (Å²) >= 11 is 0. The van der Waals surface area contributed by atoms with Crippen LogP contribution in [0, 0.1) is 0 Å². The third-order valence-electron chi connectivity index (χ3n) is 5.70. The van der Waals surface area contributed by atoms with Crippen LogP contribution < -0.4 is 10.9 Å². The molecule has 1 heterocycles. The van der Waals surface area contributed by atoms with Crippen molar-refractivity contribution in [2.45, 2.75) is 42.5 Å². The number of rotatable bonds is 5. The molecule has 1 aliphatic rings. The number of urea groups is 1. The number of carbonyl (C=O) groups excluding carboxylic acids is 1. The first kappa shape index (κ1) is 22.0. The summed E-state index contributed by atoms with van der Waals surface area (Å²) in [5.41, 5.74) is 6.79. The van der Waals surface area contributed by atoms with Gasteiger partial charge >= 0.3 is 6.03 Å². The number of hydrogen-bond donors (Lipinski definition) is 3. The number of carbonyl (C=O) groups is 1. The highest BCUT2D eigenvalue weighted by atomic mass is 32.2. The number of benzene rings is 2. The maximum Gasteiger partial charge on any atom is 0.338 e. The molecular weight excluding hydrogens is 432 g/mol. The highest BCUT2D eigenvalue weighted by Gasteiger charge is 2.33. The summed E-state index contributed by atoms with van der Waals surface area (Å²) < 4.78 is 30.6. The summed E-state index contributed by atoms with van der Waals surface area (Å²) in [5.74, 6) is 0.528. The van der Waals surface area contributed by atoms with Gasteiger partial charge in [0.25, 0.3) is 0 Å². The normalized spacial score (nSPS) is 18.9. The molecule has 5 N–H and O–H groups in total. The molecule has 168 valence electrons. The third-order valence-corrected chi connectivity index (χ3v) is 6.67. The van der Waals surface area contributed by atoms with Gasteiger partial charge in [0.05, 0.1) is 10.9 Å². The Morgan fingerprint density at radius 2 is 1.78 bits per heavy atom. The molecule has 1 fully saturated rings. The molecule has 2 unspecified atom stereocenters. The van der Waals surface area contributed by atoms with Gasteiger partial charge in [0, 0.05) is 17.0 Å². The quantitative estimate of drug-likeness (QED) is 0.395. The number of nitrogens with zero attached hydrogens (tertiary/aromatic N) is 2. The molecule has 2 amide bonds. The van der Waals surface area contributed by atoms with Crippen molar-refractivity contribution in [1.82, 2.24) is 10.0 Å². The average molecular weight is 457 g/mol. The lowest BCUT2D eigenvalue weighted by atomic mass is 9.85. The fourth-order valence-electron chi connectivity index (χ4n) is 4.18. The molecule has 0 bridgehead atoms. The molecule has 0 saturated heterocycles. The Kier molecular flexibility index (Phi) is 6.00. The van der Waals surface area contributed by atoms with Crippen molar-refractivity contribution in [3.8, 4) is 22.6 Å². The van der Waals surface area contributed by atoms with E-state index < -0.39 is 22.1 Å². The molecule has 1 aliphatic carbocycles. The van der Waals surface area contributed by atoms with Crippen molar-refractivity contribution in [2.75, 3.05) is 0 Å². The minimum absolute atomic E-state index is 0.0586. The number of primary amides is 1. The van der Waals surface area contributed by atoms with E-state index in [0.717, 1.165) is 18.4 Å². The van der Waals surface area contributed by atoms with E-state index in [4.69, 9.17) is 20.3 Å². The Morgan fingerprint density at radius 3 is 2.47 bits per heavy atom. The van der Waals surface area contributed by atoms with E-state index in [2.05, 4.69) is 0 Å². The second-order valence-electron chi connectivity index (χ2n) is 7.84. The average Bonchev–Trinajstić information content (AvgIpc) is 3.24. The monoisotopic (exact) mass is 456 g/mol. The van der Waals surface area contributed by atoms with Crippen molar-refractivity contribution in [1.29, 1.82) is 0 Å². The molecule has 0 radical (unpaired) electrons. The molecule has 0 spiro atoms. The van der Waals surface area contributed by atoms with E-state index in [1.165, 1.54) is 6.07 Å². The van der Waals surface area contributed by atoms with Crippen LogP contribution in [0.25, 0.3) is 22.6 Å². The molecule has 2 atom stereocenters. The maximum atomic E-state index is 12.2. The number of hydrogen-bond acceptors (Lipinski definition) is 6. The van der Waals surface area contributed by atoms with Gasteiger partial charge in [-0.1, -0.05) is 48.9 Å². The van der Waals surface area contributed by atoms with Crippen LogP contribution in [0.1, 0.15) is 37.5 Å². The SMILES string of the molecule is NC(=O)N(O)C1CCCC(c2nc(-c3ccccc3)c(-c3ccccc3S(N)(=O)=O)o2)C1. The second kappa shape index (κ2) is 8.73.